The lowest BCUT2D eigenvalue weighted by molar-refractivity contribution is 0.201. The number of benzene rings is 1. The quantitative estimate of drug-likeness (QED) is 0.503. The molecule has 1 amide bonds. The first kappa shape index (κ1) is 19.7. The van der Waals surface area contributed by atoms with Gasteiger partial charge in [-0.2, -0.15) is 5.10 Å². The first-order valence-corrected chi connectivity index (χ1v) is 9.99. The van der Waals surface area contributed by atoms with Crippen LogP contribution in [0.5, 0.6) is 5.06 Å². The maximum Gasteiger partial charge on any atom is 0.413 e. The van der Waals surface area contributed by atoms with Crippen molar-refractivity contribution >= 4 is 17.4 Å². The summed E-state index contributed by atoms with van der Waals surface area (Å²) in [7, 11) is 0. The number of amides is 1. The van der Waals surface area contributed by atoms with E-state index < -0.39 is 6.09 Å². The van der Waals surface area contributed by atoms with Crippen LogP contribution in [0, 0.1) is 12.7 Å². The van der Waals surface area contributed by atoms with E-state index in [0.29, 0.717) is 34.5 Å². The minimum Gasteiger partial charge on any atom is -0.397 e. The van der Waals surface area contributed by atoms with E-state index >= 15 is 0 Å². The zero-order chi connectivity index (χ0) is 20.9. The molecule has 0 fully saturated rings. The molecule has 0 aliphatic rings. The van der Waals surface area contributed by atoms with E-state index in [-0.39, 0.29) is 5.82 Å². The van der Waals surface area contributed by atoms with E-state index in [4.69, 9.17) is 4.74 Å². The number of thiazole rings is 1. The molecule has 9 heteroatoms. The number of hydrogen-bond acceptors (Lipinski definition) is 6. The number of nitrogens with zero attached hydrogens (tertiary/aromatic N) is 4. The molecule has 3 aromatic heterocycles. The second kappa shape index (κ2) is 8.83. The van der Waals surface area contributed by atoms with Crippen LogP contribution in [0.2, 0.25) is 0 Å². The summed E-state index contributed by atoms with van der Waals surface area (Å²) in [5.41, 5.74) is 2.95. The van der Waals surface area contributed by atoms with Crippen LogP contribution in [0.3, 0.4) is 0 Å². The van der Waals surface area contributed by atoms with Crippen molar-refractivity contribution in [3.05, 3.63) is 83.7 Å². The summed E-state index contributed by atoms with van der Waals surface area (Å²) in [5.74, 6) is -0.279. The van der Waals surface area contributed by atoms with Crippen molar-refractivity contribution in [2.45, 2.75) is 20.0 Å². The van der Waals surface area contributed by atoms with Crippen LogP contribution in [0.4, 0.5) is 9.18 Å². The Balaban J connectivity index is 1.40. The molecule has 0 bridgehead atoms. The molecule has 3 heterocycles. The van der Waals surface area contributed by atoms with Gasteiger partial charge in [0.05, 0.1) is 12.2 Å². The minimum absolute atomic E-state index is 0.279. The largest absolute Gasteiger partial charge is 0.413 e. The molecule has 0 spiro atoms. The van der Waals surface area contributed by atoms with Gasteiger partial charge in [-0.1, -0.05) is 29.5 Å². The number of rotatable bonds is 6. The third-order valence-electron chi connectivity index (χ3n) is 4.19. The molecule has 0 aliphatic carbocycles. The number of pyridine rings is 1. The van der Waals surface area contributed by atoms with Gasteiger partial charge < -0.3 is 10.1 Å². The monoisotopic (exact) mass is 423 g/mol. The predicted octanol–water partition coefficient (Wildman–Crippen LogP) is 4.19. The maximum absolute atomic E-state index is 13.4. The minimum atomic E-state index is -0.561. The van der Waals surface area contributed by atoms with Crippen LogP contribution in [-0.2, 0) is 13.1 Å². The van der Waals surface area contributed by atoms with Gasteiger partial charge in [-0.05, 0) is 42.3 Å². The van der Waals surface area contributed by atoms with Crippen LogP contribution in [0.15, 0.2) is 61.1 Å². The lowest BCUT2D eigenvalue weighted by atomic mass is 10.2. The molecular formula is C21H18FN5O2S. The molecule has 0 saturated carbocycles. The van der Waals surface area contributed by atoms with E-state index in [0.717, 1.165) is 11.1 Å². The average Bonchev–Trinajstić information content (AvgIpc) is 3.34. The fourth-order valence-corrected chi connectivity index (χ4v) is 3.65. The fraction of sp³-hybridized carbons (Fsp3) is 0.143. The summed E-state index contributed by atoms with van der Waals surface area (Å²) in [4.78, 5) is 20.6. The van der Waals surface area contributed by atoms with Crippen LogP contribution in [0.1, 0.15) is 16.8 Å². The molecule has 7 nitrogen and oxygen atoms in total. The normalized spacial score (nSPS) is 10.7. The number of carbonyl (C=O) groups is 1. The van der Waals surface area contributed by atoms with Crippen molar-refractivity contribution in [1.82, 2.24) is 25.1 Å². The van der Waals surface area contributed by atoms with Gasteiger partial charge in [0.15, 0.2) is 0 Å². The van der Waals surface area contributed by atoms with Crippen LogP contribution in [0.25, 0.3) is 10.7 Å². The van der Waals surface area contributed by atoms with Gasteiger partial charge in [0.1, 0.15) is 16.5 Å². The molecule has 0 atom stereocenters. The van der Waals surface area contributed by atoms with Crippen LogP contribution in [-0.4, -0.2) is 25.8 Å². The fourth-order valence-electron chi connectivity index (χ4n) is 2.77. The highest BCUT2D eigenvalue weighted by molar-refractivity contribution is 7.17. The van der Waals surface area contributed by atoms with Gasteiger partial charge in [-0.3, -0.25) is 9.67 Å². The van der Waals surface area contributed by atoms with Crippen molar-refractivity contribution in [2.75, 3.05) is 0 Å². The second-order valence-electron chi connectivity index (χ2n) is 6.52. The molecule has 0 aliphatic heterocycles. The Morgan fingerprint density at radius 1 is 1.23 bits per heavy atom. The van der Waals surface area contributed by atoms with Gasteiger partial charge in [0, 0.05) is 25.1 Å². The number of aromatic nitrogens is 4. The van der Waals surface area contributed by atoms with Gasteiger partial charge >= 0.3 is 6.09 Å². The number of carbonyl (C=O) groups excluding carboxylic acids is 1. The highest BCUT2D eigenvalue weighted by Gasteiger charge is 2.16. The average molecular weight is 423 g/mol. The van der Waals surface area contributed by atoms with Gasteiger partial charge in [0.25, 0.3) is 0 Å². The Bertz CT molecular complexity index is 1160. The van der Waals surface area contributed by atoms with Gasteiger partial charge in [0.2, 0.25) is 5.06 Å². The van der Waals surface area contributed by atoms with Crippen molar-refractivity contribution in [1.29, 1.82) is 0 Å². The molecule has 0 radical (unpaired) electrons. The molecular weight excluding hydrogens is 405 g/mol. The first-order valence-electron chi connectivity index (χ1n) is 9.17. The topological polar surface area (TPSA) is 81.9 Å². The van der Waals surface area contributed by atoms with Gasteiger partial charge in [-0.15, -0.1) is 0 Å². The number of hydrogen-bond donors (Lipinski definition) is 1. The lowest BCUT2D eigenvalue weighted by Gasteiger charge is -2.04. The van der Waals surface area contributed by atoms with E-state index in [9.17, 15) is 9.18 Å². The predicted molar refractivity (Wildman–Crippen MR) is 111 cm³/mol. The Hall–Kier alpha value is -3.59. The van der Waals surface area contributed by atoms with Crippen molar-refractivity contribution in [3.8, 4) is 15.8 Å². The number of halogens is 1. The molecule has 4 aromatic rings. The summed E-state index contributed by atoms with van der Waals surface area (Å²) in [5, 5.41) is 8.23. The highest BCUT2D eigenvalue weighted by atomic mass is 32.1. The summed E-state index contributed by atoms with van der Waals surface area (Å²) in [6, 6.07) is 11.9. The lowest BCUT2D eigenvalue weighted by Crippen LogP contribution is -2.26. The Morgan fingerprint density at radius 3 is 2.90 bits per heavy atom. The number of aryl methyl sites for hydroxylation is 1. The van der Waals surface area contributed by atoms with E-state index in [1.54, 1.807) is 42.3 Å². The standard InChI is InChI=1S/C21H18FN5O2S/c1-14-20(29-21(28)24-12-16-5-3-8-23-11-16)30-19(25-14)18-7-9-27(26-18)13-15-4-2-6-17(22)10-15/h2-11H,12-13H2,1H3,(H,24,28). The third-order valence-corrected chi connectivity index (χ3v) is 5.25. The number of nitrogens with one attached hydrogen (secondary N) is 1. The van der Waals surface area contributed by atoms with Crippen molar-refractivity contribution in [2.24, 2.45) is 0 Å². The zero-order valence-corrected chi connectivity index (χ0v) is 16.9. The Kier molecular flexibility index (Phi) is 5.80. The van der Waals surface area contributed by atoms with Crippen molar-refractivity contribution in [3.63, 3.8) is 0 Å². The summed E-state index contributed by atoms with van der Waals surface area (Å²) < 4.78 is 20.5. The Labute approximate surface area is 176 Å². The molecule has 1 N–H and O–H groups in total. The number of ether oxygens (including phenoxy) is 1. The summed E-state index contributed by atoms with van der Waals surface area (Å²) in [6.45, 7) is 2.54. The zero-order valence-electron chi connectivity index (χ0n) is 16.1. The van der Waals surface area contributed by atoms with Gasteiger partial charge in [-0.25, -0.2) is 14.2 Å². The molecule has 1 aromatic carbocycles. The summed E-state index contributed by atoms with van der Waals surface area (Å²) >= 11 is 1.24. The third kappa shape index (κ3) is 4.87. The van der Waals surface area contributed by atoms with Crippen LogP contribution < -0.4 is 10.1 Å². The SMILES string of the molecule is Cc1nc(-c2ccn(Cc3cccc(F)c3)n2)sc1OC(=O)NCc1cccnc1. The molecule has 152 valence electrons. The molecule has 0 unspecified atom stereocenters. The molecule has 4 rings (SSSR count). The van der Waals surface area contributed by atoms with E-state index in [1.165, 1.54) is 23.5 Å². The second-order valence-corrected chi connectivity index (χ2v) is 7.49. The highest BCUT2D eigenvalue weighted by Crippen LogP contribution is 2.32. The summed E-state index contributed by atoms with van der Waals surface area (Å²) in [6.07, 6.45) is 4.59. The van der Waals surface area contributed by atoms with E-state index in [1.807, 2.05) is 18.2 Å². The molecule has 0 saturated heterocycles. The van der Waals surface area contributed by atoms with Crippen molar-refractivity contribution < 1.29 is 13.9 Å². The molecule has 30 heavy (non-hydrogen) atoms. The van der Waals surface area contributed by atoms with Crippen LogP contribution >= 0.6 is 11.3 Å². The maximum atomic E-state index is 13.4. The van der Waals surface area contributed by atoms with E-state index in [2.05, 4.69) is 20.4 Å². The first-order chi connectivity index (χ1) is 14.6. The smallest absolute Gasteiger partial charge is 0.397 e. The Morgan fingerprint density at radius 2 is 2.10 bits per heavy atom.